The highest BCUT2D eigenvalue weighted by Crippen LogP contribution is 2.13. The van der Waals surface area contributed by atoms with Gasteiger partial charge in [-0.05, 0) is 0 Å². The van der Waals surface area contributed by atoms with Gasteiger partial charge in [-0.1, -0.05) is 11.6 Å². The average Bonchev–Trinajstić information content (AvgIpc) is 1.85. The Morgan fingerprint density at radius 2 is 2.00 bits per heavy atom. The van der Waals surface area contributed by atoms with Crippen LogP contribution in [-0.4, -0.2) is 9.97 Å². The number of aromatic nitrogens is 2. The Kier molecular flexibility index (Phi) is 1.96. The topological polar surface area (TPSA) is 49.6 Å². The summed E-state index contributed by atoms with van der Waals surface area (Å²) in [6, 6.07) is 1.39. The smallest absolute Gasteiger partial charge is 0.192 e. The maximum atomic E-state index is 12.4. The zero-order valence-corrected chi connectivity index (χ0v) is 5.73. The van der Waals surface area contributed by atoms with E-state index in [4.69, 9.17) is 16.9 Å². The molecule has 1 heterocycles. The lowest BCUT2D eigenvalue weighted by Gasteiger charge is -1.93. The summed E-state index contributed by atoms with van der Waals surface area (Å²) in [6.07, 6.45) is -1.29. The molecule has 0 aliphatic heterocycles. The van der Waals surface area contributed by atoms with Gasteiger partial charge in [0.25, 0.3) is 0 Å². The van der Waals surface area contributed by atoms with Crippen molar-refractivity contribution in [2.75, 3.05) is 0 Å². The first-order valence-electron chi connectivity index (χ1n) is 2.43. The third-order valence-corrected chi connectivity index (χ3v) is 1.18. The molecule has 0 spiro atoms. The molecule has 0 atom stereocenters. The SMILES string of the molecule is N#Cc1c(F)nc(F)nc1Cl. The van der Waals surface area contributed by atoms with Crippen LogP contribution >= 0.6 is 11.6 Å². The average molecular weight is 176 g/mol. The van der Waals surface area contributed by atoms with Crippen molar-refractivity contribution in [1.82, 2.24) is 9.97 Å². The predicted octanol–water partition coefficient (Wildman–Crippen LogP) is 1.28. The van der Waals surface area contributed by atoms with Crippen LogP contribution in [0.4, 0.5) is 8.78 Å². The van der Waals surface area contributed by atoms with E-state index in [-0.39, 0.29) is 0 Å². The van der Waals surface area contributed by atoms with E-state index in [1.165, 1.54) is 6.07 Å². The fourth-order valence-corrected chi connectivity index (χ4v) is 0.666. The van der Waals surface area contributed by atoms with Gasteiger partial charge in [0, 0.05) is 0 Å². The predicted molar refractivity (Wildman–Crippen MR) is 31.7 cm³/mol. The summed E-state index contributed by atoms with van der Waals surface area (Å²) in [5, 5.41) is 7.70. The van der Waals surface area contributed by atoms with Gasteiger partial charge in [-0.2, -0.15) is 24.0 Å². The summed E-state index contributed by atoms with van der Waals surface area (Å²) in [6.45, 7) is 0. The van der Waals surface area contributed by atoms with Crippen molar-refractivity contribution < 1.29 is 8.78 Å². The summed E-state index contributed by atoms with van der Waals surface area (Å²) in [4.78, 5) is 5.58. The van der Waals surface area contributed by atoms with Crippen molar-refractivity contribution in [2.24, 2.45) is 0 Å². The van der Waals surface area contributed by atoms with Crippen LogP contribution in [-0.2, 0) is 0 Å². The summed E-state index contributed by atoms with van der Waals surface area (Å²) < 4.78 is 24.5. The van der Waals surface area contributed by atoms with Gasteiger partial charge < -0.3 is 0 Å². The molecule has 0 saturated carbocycles. The van der Waals surface area contributed by atoms with Gasteiger partial charge >= 0.3 is 6.08 Å². The molecule has 0 unspecified atom stereocenters. The second-order valence-corrected chi connectivity index (χ2v) is 1.92. The third kappa shape index (κ3) is 1.41. The molecule has 0 aliphatic carbocycles. The van der Waals surface area contributed by atoms with Gasteiger partial charge in [0.1, 0.15) is 11.6 Å². The number of nitriles is 1. The van der Waals surface area contributed by atoms with E-state index in [0.717, 1.165) is 0 Å². The summed E-state index contributed by atoms with van der Waals surface area (Å²) in [5.74, 6) is -1.25. The minimum absolute atomic E-state index is 0.516. The highest BCUT2D eigenvalue weighted by atomic mass is 35.5. The highest BCUT2D eigenvalue weighted by Gasteiger charge is 2.11. The largest absolute Gasteiger partial charge is 0.312 e. The molecule has 1 aromatic heterocycles. The normalized spacial score (nSPS) is 9.27. The number of hydrogen-bond donors (Lipinski definition) is 0. The Morgan fingerprint density at radius 3 is 2.45 bits per heavy atom. The molecule has 0 bridgehead atoms. The van der Waals surface area contributed by atoms with E-state index < -0.39 is 22.7 Å². The van der Waals surface area contributed by atoms with Crippen molar-refractivity contribution in [3.8, 4) is 6.07 Å². The molecule has 0 saturated heterocycles. The Labute approximate surface area is 65.3 Å². The van der Waals surface area contributed by atoms with Gasteiger partial charge in [0.05, 0.1) is 0 Å². The van der Waals surface area contributed by atoms with Crippen LogP contribution in [0, 0.1) is 23.4 Å². The van der Waals surface area contributed by atoms with Crippen molar-refractivity contribution in [1.29, 1.82) is 5.26 Å². The van der Waals surface area contributed by atoms with E-state index in [9.17, 15) is 8.78 Å². The summed E-state index contributed by atoms with van der Waals surface area (Å²) in [5.41, 5.74) is -0.548. The van der Waals surface area contributed by atoms with Crippen LogP contribution in [0.1, 0.15) is 5.56 Å². The number of halogens is 3. The van der Waals surface area contributed by atoms with Crippen molar-refractivity contribution in [2.45, 2.75) is 0 Å². The van der Waals surface area contributed by atoms with Gasteiger partial charge in [-0.15, -0.1) is 0 Å². The molecule has 0 fully saturated rings. The van der Waals surface area contributed by atoms with Crippen molar-refractivity contribution >= 4 is 11.6 Å². The van der Waals surface area contributed by atoms with E-state index in [0.29, 0.717) is 0 Å². The van der Waals surface area contributed by atoms with Crippen molar-refractivity contribution in [3.05, 3.63) is 22.7 Å². The molecule has 0 amide bonds. The fourth-order valence-electron chi connectivity index (χ4n) is 0.476. The second-order valence-electron chi connectivity index (χ2n) is 1.56. The van der Waals surface area contributed by atoms with Crippen LogP contribution in [0.5, 0.6) is 0 Å². The quantitative estimate of drug-likeness (QED) is 0.441. The zero-order valence-electron chi connectivity index (χ0n) is 4.98. The molecule has 56 valence electrons. The number of nitrogens with zero attached hydrogens (tertiary/aromatic N) is 3. The minimum Gasteiger partial charge on any atom is -0.192 e. The fraction of sp³-hybridized carbons (Fsp3) is 0. The Morgan fingerprint density at radius 1 is 1.36 bits per heavy atom. The second kappa shape index (κ2) is 2.76. The van der Waals surface area contributed by atoms with Gasteiger partial charge in [-0.3, -0.25) is 0 Å². The van der Waals surface area contributed by atoms with Crippen LogP contribution in [0.15, 0.2) is 0 Å². The molecule has 0 aliphatic rings. The first-order chi connectivity index (χ1) is 5.15. The molecule has 11 heavy (non-hydrogen) atoms. The van der Waals surface area contributed by atoms with E-state index in [1.54, 1.807) is 0 Å². The number of rotatable bonds is 0. The van der Waals surface area contributed by atoms with E-state index in [1.807, 2.05) is 0 Å². The zero-order chi connectivity index (χ0) is 8.43. The standard InChI is InChI=1S/C5ClF2N3/c6-3-2(1-9)4(7)11-5(8)10-3. The highest BCUT2D eigenvalue weighted by molar-refractivity contribution is 6.30. The van der Waals surface area contributed by atoms with E-state index in [2.05, 4.69) is 9.97 Å². The molecule has 1 aromatic rings. The molecule has 6 heteroatoms. The lowest BCUT2D eigenvalue weighted by atomic mass is 10.4. The van der Waals surface area contributed by atoms with Gasteiger partial charge in [0.2, 0.25) is 5.95 Å². The molecular formula is C5ClF2N3. The van der Waals surface area contributed by atoms with Crippen LogP contribution < -0.4 is 0 Å². The van der Waals surface area contributed by atoms with Crippen LogP contribution in [0.3, 0.4) is 0 Å². The summed E-state index contributed by atoms with van der Waals surface area (Å²) in [7, 11) is 0. The maximum absolute atomic E-state index is 12.4. The first-order valence-corrected chi connectivity index (χ1v) is 2.81. The molecule has 1 rings (SSSR count). The van der Waals surface area contributed by atoms with Gasteiger partial charge in [-0.25, -0.2) is 0 Å². The molecule has 0 N–H and O–H groups in total. The Bertz CT molecular complexity index is 310. The van der Waals surface area contributed by atoms with Gasteiger partial charge in [0.15, 0.2) is 5.15 Å². The lowest BCUT2D eigenvalue weighted by Crippen LogP contribution is -1.98. The Balaban J connectivity index is 3.40. The van der Waals surface area contributed by atoms with Crippen LogP contribution in [0.25, 0.3) is 0 Å². The monoisotopic (exact) mass is 175 g/mol. The van der Waals surface area contributed by atoms with Crippen molar-refractivity contribution in [3.63, 3.8) is 0 Å². The molecule has 0 aromatic carbocycles. The molecular weight excluding hydrogens is 176 g/mol. The lowest BCUT2D eigenvalue weighted by molar-refractivity contribution is 0.480. The third-order valence-electron chi connectivity index (χ3n) is 0.905. The Hall–Kier alpha value is -1.28. The minimum atomic E-state index is -1.29. The molecule has 0 radical (unpaired) electrons. The van der Waals surface area contributed by atoms with Crippen LogP contribution in [0.2, 0.25) is 5.15 Å². The first kappa shape index (κ1) is 7.82. The van der Waals surface area contributed by atoms with E-state index >= 15 is 0 Å². The summed E-state index contributed by atoms with van der Waals surface area (Å²) >= 11 is 5.18. The molecule has 3 nitrogen and oxygen atoms in total. The maximum Gasteiger partial charge on any atom is 0.312 e. The number of hydrogen-bond acceptors (Lipinski definition) is 3.